The van der Waals surface area contributed by atoms with Gasteiger partial charge in [-0.2, -0.15) is 13.2 Å². The summed E-state index contributed by atoms with van der Waals surface area (Å²) in [5.74, 6) is -1.27. The summed E-state index contributed by atoms with van der Waals surface area (Å²) in [7, 11) is 1.49. The van der Waals surface area contributed by atoms with Crippen LogP contribution in [0.1, 0.15) is 53.2 Å². The van der Waals surface area contributed by atoms with E-state index < -0.39 is 35.5 Å². The summed E-state index contributed by atoms with van der Waals surface area (Å²) in [5.41, 5.74) is -0.653. The average Bonchev–Trinajstić information content (AvgIpc) is 3.51. The second kappa shape index (κ2) is 9.03. The molecule has 2 aromatic carbocycles. The Morgan fingerprint density at radius 2 is 1.88 bits per heavy atom. The van der Waals surface area contributed by atoms with Crippen molar-refractivity contribution in [2.24, 2.45) is 5.92 Å². The zero-order valence-corrected chi connectivity index (χ0v) is 18.0. The molecule has 1 saturated heterocycles. The Balaban J connectivity index is 1.52. The van der Waals surface area contributed by atoms with Gasteiger partial charge in [0, 0.05) is 17.7 Å². The molecule has 0 unspecified atom stereocenters. The van der Waals surface area contributed by atoms with Crippen molar-refractivity contribution in [3.63, 3.8) is 0 Å². The zero-order valence-electron chi connectivity index (χ0n) is 18.0. The van der Waals surface area contributed by atoms with E-state index in [1.807, 2.05) is 0 Å². The number of hydrogen-bond donors (Lipinski definition) is 1. The molecule has 1 heterocycles. The lowest BCUT2D eigenvalue weighted by Crippen LogP contribution is -2.47. The molecule has 176 valence electrons. The number of nitrogens with zero attached hydrogens (tertiary/aromatic N) is 1. The second-order valence-corrected chi connectivity index (χ2v) is 8.45. The van der Waals surface area contributed by atoms with Crippen molar-refractivity contribution in [2.75, 3.05) is 13.7 Å². The molecular weight excluding hydrogens is 440 g/mol. The van der Waals surface area contributed by atoms with Crippen LogP contribution in [0.4, 0.5) is 17.6 Å². The fourth-order valence-corrected chi connectivity index (χ4v) is 4.29. The number of carbonyl (C=O) groups is 2. The van der Waals surface area contributed by atoms with Gasteiger partial charge in [0.15, 0.2) is 0 Å². The van der Waals surface area contributed by atoms with E-state index in [9.17, 15) is 27.2 Å². The number of methoxy groups -OCH3 is 1. The minimum Gasteiger partial charge on any atom is -0.497 e. The third-order valence-electron chi connectivity index (χ3n) is 6.19. The first-order valence-electron chi connectivity index (χ1n) is 10.8. The van der Waals surface area contributed by atoms with Crippen LogP contribution in [0, 0.1) is 11.7 Å². The molecule has 2 atom stereocenters. The Morgan fingerprint density at radius 3 is 2.52 bits per heavy atom. The van der Waals surface area contributed by atoms with Gasteiger partial charge in [0.2, 0.25) is 5.91 Å². The second-order valence-electron chi connectivity index (χ2n) is 8.45. The number of likely N-dealkylation sites (tertiary alicyclic amines) is 1. The molecule has 0 spiro atoms. The maximum absolute atomic E-state index is 14.6. The number of amides is 2. The molecule has 2 aromatic rings. The van der Waals surface area contributed by atoms with Gasteiger partial charge in [0.25, 0.3) is 5.91 Å². The number of ether oxygens (including phenoxy) is 1. The molecule has 2 amide bonds. The SMILES string of the molecule is COc1cccc(C(=O)N2CCC[C@@H]2C(=O)N[C@@H](c2ccc(C(F)(F)F)cc2F)C2CC2)c1. The van der Waals surface area contributed by atoms with Crippen LogP contribution in [0.5, 0.6) is 5.75 Å². The number of carbonyl (C=O) groups excluding carboxylic acids is 2. The molecule has 2 fully saturated rings. The van der Waals surface area contributed by atoms with Gasteiger partial charge in [-0.15, -0.1) is 0 Å². The van der Waals surface area contributed by atoms with Crippen molar-refractivity contribution in [1.29, 1.82) is 0 Å². The van der Waals surface area contributed by atoms with Crippen molar-refractivity contribution < 1.29 is 31.9 Å². The monoisotopic (exact) mass is 464 g/mol. The van der Waals surface area contributed by atoms with Gasteiger partial charge >= 0.3 is 6.18 Å². The smallest absolute Gasteiger partial charge is 0.416 e. The highest BCUT2D eigenvalue weighted by molar-refractivity contribution is 5.98. The molecule has 0 aromatic heterocycles. The van der Waals surface area contributed by atoms with Crippen LogP contribution in [-0.2, 0) is 11.0 Å². The lowest BCUT2D eigenvalue weighted by Gasteiger charge is -2.27. The number of halogens is 4. The van der Waals surface area contributed by atoms with Crippen LogP contribution in [0.2, 0.25) is 0 Å². The highest BCUT2D eigenvalue weighted by atomic mass is 19.4. The standard InChI is InChI=1S/C24H24F4N2O3/c1-33-17-5-2-4-15(12-17)23(32)30-11-3-6-20(30)22(31)29-21(14-7-8-14)18-10-9-16(13-19(18)25)24(26,27)28/h2,4-5,9-10,12-14,20-21H,3,6-8,11H2,1H3,(H,29,31)/t20-,21-/m1/s1. The molecule has 2 aliphatic rings. The minimum absolute atomic E-state index is 0.0301. The quantitative estimate of drug-likeness (QED) is 0.630. The Labute approximate surface area is 188 Å². The van der Waals surface area contributed by atoms with E-state index in [2.05, 4.69) is 5.32 Å². The fourth-order valence-electron chi connectivity index (χ4n) is 4.29. The van der Waals surface area contributed by atoms with E-state index in [-0.39, 0.29) is 17.4 Å². The molecule has 1 saturated carbocycles. The summed E-state index contributed by atoms with van der Waals surface area (Å²) in [6, 6.07) is 7.55. The molecule has 0 radical (unpaired) electrons. The molecule has 1 aliphatic heterocycles. The van der Waals surface area contributed by atoms with E-state index in [1.165, 1.54) is 12.0 Å². The Hall–Kier alpha value is -3.10. The first-order chi connectivity index (χ1) is 15.7. The van der Waals surface area contributed by atoms with Crippen molar-refractivity contribution in [3.05, 3.63) is 65.0 Å². The highest BCUT2D eigenvalue weighted by Gasteiger charge is 2.40. The largest absolute Gasteiger partial charge is 0.497 e. The van der Waals surface area contributed by atoms with Crippen LogP contribution in [-0.4, -0.2) is 36.4 Å². The van der Waals surface area contributed by atoms with Crippen molar-refractivity contribution in [2.45, 2.75) is 43.9 Å². The zero-order chi connectivity index (χ0) is 23.8. The Kier molecular flexibility index (Phi) is 6.32. The average molecular weight is 464 g/mol. The first kappa shape index (κ1) is 23.1. The van der Waals surface area contributed by atoms with Gasteiger partial charge in [-0.1, -0.05) is 12.1 Å². The molecule has 4 rings (SSSR count). The molecular formula is C24H24F4N2O3. The lowest BCUT2D eigenvalue weighted by atomic mass is 9.99. The van der Waals surface area contributed by atoms with Gasteiger partial charge in [-0.25, -0.2) is 4.39 Å². The molecule has 0 bridgehead atoms. The van der Waals surface area contributed by atoms with Crippen molar-refractivity contribution >= 4 is 11.8 Å². The van der Waals surface area contributed by atoms with Crippen LogP contribution in [0.25, 0.3) is 0 Å². The summed E-state index contributed by atoms with van der Waals surface area (Å²) < 4.78 is 58.5. The third kappa shape index (κ3) is 4.96. The third-order valence-corrected chi connectivity index (χ3v) is 6.19. The van der Waals surface area contributed by atoms with Gasteiger partial charge in [0.1, 0.15) is 17.6 Å². The topological polar surface area (TPSA) is 58.6 Å². The van der Waals surface area contributed by atoms with Crippen LogP contribution < -0.4 is 10.1 Å². The van der Waals surface area contributed by atoms with Crippen LogP contribution in [0.15, 0.2) is 42.5 Å². The Morgan fingerprint density at radius 1 is 1.12 bits per heavy atom. The van der Waals surface area contributed by atoms with Gasteiger partial charge < -0.3 is 15.0 Å². The number of rotatable bonds is 6. The lowest BCUT2D eigenvalue weighted by molar-refractivity contribution is -0.137. The number of nitrogens with one attached hydrogen (secondary N) is 1. The summed E-state index contributed by atoms with van der Waals surface area (Å²) in [4.78, 5) is 27.7. The van der Waals surface area contributed by atoms with E-state index in [1.54, 1.807) is 24.3 Å². The number of benzene rings is 2. The van der Waals surface area contributed by atoms with Crippen molar-refractivity contribution in [1.82, 2.24) is 10.2 Å². The molecule has 9 heteroatoms. The van der Waals surface area contributed by atoms with Gasteiger partial charge in [-0.05, 0) is 61.9 Å². The maximum atomic E-state index is 14.6. The fraction of sp³-hybridized carbons (Fsp3) is 0.417. The molecule has 33 heavy (non-hydrogen) atoms. The van der Waals surface area contributed by atoms with E-state index >= 15 is 0 Å². The van der Waals surface area contributed by atoms with Crippen LogP contribution in [0.3, 0.4) is 0 Å². The molecule has 1 N–H and O–H groups in total. The van der Waals surface area contributed by atoms with E-state index in [0.29, 0.717) is 36.8 Å². The highest BCUT2D eigenvalue weighted by Crippen LogP contribution is 2.43. The van der Waals surface area contributed by atoms with E-state index in [4.69, 9.17) is 4.74 Å². The first-order valence-corrected chi connectivity index (χ1v) is 10.8. The number of alkyl halides is 3. The molecule has 1 aliphatic carbocycles. The number of hydrogen-bond acceptors (Lipinski definition) is 3. The minimum atomic E-state index is -4.65. The van der Waals surface area contributed by atoms with Crippen LogP contribution >= 0.6 is 0 Å². The van der Waals surface area contributed by atoms with Gasteiger partial charge in [0.05, 0.1) is 18.7 Å². The maximum Gasteiger partial charge on any atom is 0.416 e. The summed E-state index contributed by atoms with van der Waals surface area (Å²) >= 11 is 0. The predicted octanol–water partition coefficient (Wildman–Crippen LogP) is 4.73. The summed E-state index contributed by atoms with van der Waals surface area (Å²) in [5, 5.41) is 2.82. The van der Waals surface area contributed by atoms with Gasteiger partial charge in [-0.3, -0.25) is 9.59 Å². The normalized spacial score (nSPS) is 19.3. The van der Waals surface area contributed by atoms with Crippen molar-refractivity contribution in [3.8, 4) is 5.75 Å². The van der Waals surface area contributed by atoms with E-state index in [0.717, 1.165) is 25.0 Å². The predicted molar refractivity (Wildman–Crippen MR) is 112 cm³/mol. The molecule has 5 nitrogen and oxygen atoms in total. The summed E-state index contributed by atoms with van der Waals surface area (Å²) in [6.07, 6.45) is -2.08. The Bertz CT molecular complexity index is 1050. The summed E-state index contributed by atoms with van der Waals surface area (Å²) in [6.45, 7) is 0.400.